The van der Waals surface area contributed by atoms with Crippen LogP contribution in [0.15, 0.2) is 41.4 Å². The second-order valence-corrected chi connectivity index (χ2v) is 12.0. The Morgan fingerprint density at radius 1 is 0.911 bits per heavy atom. The number of hydrogen-bond donors (Lipinski definition) is 1. The quantitative estimate of drug-likeness (QED) is 0.157. The van der Waals surface area contributed by atoms with E-state index in [0.29, 0.717) is 10.6 Å². The van der Waals surface area contributed by atoms with E-state index < -0.39 is 41.5 Å². The van der Waals surface area contributed by atoms with Crippen LogP contribution in [0.25, 0.3) is 11.4 Å². The van der Waals surface area contributed by atoms with Gasteiger partial charge in [0.1, 0.15) is 22.4 Å². The van der Waals surface area contributed by atoms with E-state index in [0.717, 1.165) is 11.8 Å². The molecule has 1 atom stereocenters. The summed E-state index contributed by atoms with van der Waals surface area (Å²) in [5.41, 5.74) is -0.0741. The third-order valence-electron chi connectivity index (χ3n) is 6.39. The molecule has 45 heavy (non-hydrogen) atoms. The van der Waals surface area contributed by atoms with E-state index in [4.69, 9.17) is 14.2 Å². The second-order valence-electron chi connectivity index (χ2n) is 11.0. The summed E-state index contributed by atoms with van der Waals surface area (Å²) in [6.07, 6.45) is -0.580. The first-order valence-corrected chi connectivity index (χ1v) is 15.8. The van der Waals surface area contributed by atoms with Crippen LogP contribution < -0.4 is 5.32 Å². The van der Waals surface area contributed by atoms with E-state index in [-0.39, 0.29) is 69.5 Å². The van der Waals surface area contributed by atoms with Gasteiger partial charge in [0.15, 0.2) is 5.82 Å². The number of hydrogen-bond acceptors (Lipinski definition) is 11. The number of piperazine rings is 1. The van der Waals surface area contributed by atoms with Gasteiger partial charge < -0.3 is 29.3 Å². The lowest BCUT2D eigenvalue weighted by Gasteiger charge is -2.36. The first-order valence-electron chi connectivity index (χ1n) is 14.9. The summed E-state index contributed by atoms with van der Waals surface area (Å²) in [7, 11) is 0. The number of ether oxygens (including phenoxy) is 3. The van der Waals surface area contributed by atoms with Gasteiger partial charge in [0.05, 0.1) is 19.0 Å². The summed E-state index contributed by atoms with van der Waals surface area (Å²) in [5, 5.41) is 3.13. The summed E-state index contributed by atoms with van der Waals surface area (Å²) in [4.78, 5) is 76.0. The summed E-state index contributed by atoms with van der Waals surface area (Å²) in [6.45, 7) is 10.2. The van der Waals surface area contributed by atoms with Crippen molar-refractivity contribution in [3.63, 3.8) is 0 Å². The van der Waals surface area contributed by atoms with Crippen LogP contribution in [0.5, 0.6) is 0 Å². The van der Waals surface area contributed by atoms with Crippen LogP contribution in [-0.4, -0.2) is 106 Å². The highest BCUT2D eigenvalue weighted by Gasteiger charge is 2.32. The molecule has 1 aliphatic heterocycles. The Kier molecular flexibility index (Phi) is 13.1. The van der Waals surface area contributed by atoms with E-state index in [2.05, 4.69) is 15.3 Å². The molecular weight excluding hydrogens is 602 g/mol. The van der Waals surface area contributed by atoms with Gasteiger partial charge in [0.25, 0.3) is 5.91 Å². The highest BCUT2D eigenvalue weighted by Crippen LogP contribution is 2.22. The lowest BCUT2D eigenvalue weighted by Crippen LogP contribution is -2.56. The first kappa shape index (κ1) is 35.3. The van der Waals surface area contributed by atoms with Crippen LogP contribution >= 0.6 is 11.8 Å². The third-order valence-corrected chi connectivity index (χ3v) is 7.27. The van der Waals surface area contributed by atoms with E-state index in [1.807, 2.05) is 18.2 Å². The number of benzene rings is 1. The molecule has 0 spiro atoms. The van der Waals surface area contributed by atoms with Crippen LogP contribution in [0, 0.1) is 0 Å². The molecule has 0 aliphatic carbocycles. The van der Waals surface area contributed by atoms with Crippen molar-refractivity contribution in [3.8, 4) is 11.4 Å². The fraction of sp³-hybridized carbons (Fsp3) is 0.516. The van der Waals surface area contributed by atoms with Crippen molar-refractivity contribution in [1.82, 2.24) is 25.1 Å². The number of nitrogens with one attached hydrogen (secondary N) is 1. The van der Waals surface area contributed by atoms with Gasteiger partial charge in [0, 0.05) is 44.2 Å². The molecule has 3 amide bonds. The average Bonchev–Trinajstić information content (AvgIpc) is 3.01. The van der Waals surface area contributed by atoms with Crippen molar-refractivity contribution in [2.24, 2.45) is 0 Å². The second kappa shape index (κ2) is 16.8. The predicted octanol–water partition coefficient (Wildman–Crippen LogP) is 3.32. The molecule has 0 radical (unpaired) electrons. The van der Waals surface area contributed by atoms with Crippen molar-refractivity contribution < 1.29 is 38.2 Å². The highest BCUT2D eigenvalue weighted by molar-refractivity contribution is 7.99. The summed E-state index contributed by atoms with van der Waals surface area (Å²) < 4.78 is 15.5. The van der Waals surface area contributed by atoms with E-state index in [1.54, 1.807) is 51.7 Å². The van der Waals surface area contributed by atoms with Crippen molar-refractivity contribution in [2.45, 2.75) is 64.1 Å². The maximum Gasteiger partial charge on any atom is 0.409 e. The molecule has 14 heteroatoms. The smallest absolute Gasteiger partial charge is 0.409 e. The Labute approximate surface area is 267 Å². The van der Waals surface area contributed by atoms with Gasteiger partial charge in [-0.2, -0.15) is 0 Å². The van der Waals surface area contributed by atoms with Gasteiger partial charge in [-0.25, -0.2) is 14.8 Å². The van der Waals surface area contributed by atoms with E-state index >= 15 is 0 Å². The summed E-state index contributed by atoms with van der Waals surface area (Å²) in [6, 6.07) is 9.40. The van der Waals surface area contributed by atoms with Gasteiger partial charge in [-0.1, -0.05) is 42.1 Å². The number of thioether (sulfide) groups is 1. The summed E-state index contributed by atoms with van der Waals surface area (Å²) in [5.74, 6) is -1.74. The Bertz CT molecular complexity index is 1340. The molecule has 2 aromatic rings. The maximum atomic E-state index is 13.7. The minimum Gasteiger partial charge on any atom is -0.465 e. The predicted molar refractivity (Wildman–Crippen MR) is 166 cm³/mol. The molecule has 244 valence electrons. The van der Waals surface area contributed by atoms with Gasteiger partial charge in [0.2, 0.25) is 5.91 Å². The molecule has 0 saturated carbocycles. The average molecular weight is 644 g/mol. The lowest BCUT2D eigenvalue weighted by atomic mass is 10.1. The molecule has 1 saturated heterocycles. The number of carbonyl (C=O) groups is 5. The Morgan fingerprint density at radius 2 is 1.56 bits per heavy atom. The number of carbonyl (C=O) groups excluding carboxylic acids is 5. The third kappa shape index (κ3) is 11.3. The van der Waals surface area contributed by atoms with Gasteiger partial charge >= 0.3 is 18.0 Å². The zero-order chi connectivity index (χ0) is 33.0. The number of aromatic nitrogens is 2. The number of rotatable bonds is 12. The lowest BCUT2D eigenvalue weighted by molar-refractivity contribution is -0.155. The molecular formula is C31H41N5O8S. The largest absolute Gasteiger partial charge is 0.465 e. The fourth-order valence-electron chi connectivity index (χ4n) is 4.36. The molecule has 13 nitrogen and oxygen atoms in total. The number of amides is 3. The molecule has 3 rings (SSSR count). The van der Waals surface area contributed by atoms with E-state index in [1.165, 1.54) is 11.0 Å². The minimum absolute atomic E-state index is 0.0152. The number of nitrogens with zero attached hydrogens (tertiary/aromatic N) is 4. The SMILES string of the molecule is CCOC(=O)CSc1cc(C(=O)NC(CCC(=O)OC(C)(C)C)C(=O)N2CCN(C(=O)OCC)CC2)nc(-c2ccccc2)n1. The number of esters is 2. The molecule has 0 bridgehead atoms. The van der Waals surface area contributed by atoms with Gasteiger partial charge in [-0.3, -0.25) is 19.2 Å². The monoisotopic (exact) mass is 643 g/mol. The summed E-state index contributed by atoms with van der Waals surface area (Å²) >= 11 is 1.10. The van der Waals surface area contributed by atoms with Crippen LogP contribution in [0.3, 0.4) is 0 Å². The van der Waals surface area contributed by atoms with Crippen molar-refractivity contribution in [3.05, 3.63) is 42.1 Å². The van der Waals surface area contributed by atoms with E-state index in [9.17, 15) is 24.0 Å². The topological polar surface area (TPSA) is 157 Å². The zero-order valence-electron chi connectivity index (χ0n) is 26.4. The molecule has 1 aliphatic rings. The highest BCUT2D eigenvalue weighted by atomic mass is 32.2. The molecule has 1 aromatic heterocycles. The van der Waals surface area contributed by atoms with Crippen LogP contribution in [0.1, 0.15) is 57.9 Å². The fourth-order valence-corrected chi connectivity index (χ4v) is 5.05. The standard InChI is InChI=1S/C31H41N5O8S/c1-6-42-26(38)20-45-24-19-23(32-27(34-24)21-11-9-8-10-12-21)28(39)33-22(13-14-25(37)44-31(3,4)5)29(40)35-15-17-36(18-16-35)30(41)43-7-2/h8-12,19,22H,6-7,13-18,20H2,1-5H3,(H,33,39). The molecule has 2 heterocycles. The van der Waals surface area contributed by atoms with Crippen LogP contribution in [0.4, 0.5) is 4.79 Å². The maximum absolute atomic E-state index is 13.7. The zero-order valence-corrected chi connectivity index (χ0v) is 27.2. The van der Waals surface area contributed by atoms with Crippen molar-refractivity contribution in [2.75, 3.05) is 45.1 Å². The van der Waals surface area contributed by atoms with Crippen LogP contribution in [-0.2, 0) is 28.6 Å². The van der Waals surface area contributed by atoms with Gasteiger partial charge in [-0.05, 0) is 41.0 Å². The minimum atomic E-state index is -1.08. The Hall–Kier alpha value is -4.20. The van der Waals surface area contributed by atoms with Crippen LogP contribution in [0.2, 0.25) is 0 Å². The molecule has 1 N–H and O–H groups in total. The first-order chi connectivity index (χ1) is 21.4. The Balaban J connectivity index is 1.84. The van der Waals surface area contributed by atoms with Gasteiger partial charge in [-0.15, -0.1) is 0 Å². The molecule has 1 fully saturated rings. The van der Waals surface area contributed by atoms with Crippen molar-refractivity contribution >= 4 is 41.6 Å². The molecule has 1 unspecified atom stereocenters. The molecule has 1 aromatic carbocycles. The van der Waals surface area contributed by atoms with Crippen molar-refractivity contribution in [1.29, 1.82) is 0 Å². The Morgan fingerprint density at radius 3 is 2.18 bits per heavy atom. The normalized spacial score (nSPS) is 13.9.